The second-order valence-corrected chi connectivity index (χ2v) is 4.80. The molecule has 0 radical (unpaired) electrons. The van der Waals surface area contributed by atoms with Gasteiger partial charge in [0.15, 0.2) is 0 Å². The van der Waals surface area contributed by atoms with Crippen LogP contribution in [0.15, 0.2) is 0 Å². The van der Waals surface area contributed by atoms with Crippen molar-refractivity contribution >= 4 is 17.9 Å². The predicted molar refractivity (Wildman–Crippen MR) is 59.4 cm³/mol. The summed E-state index contributed by atoms with van der Waals surface area (Å²) in [6, 6.07) is 0.627. The number of nitrogens with one attached hydrogen (secondary N) is 2. The number of thiol groups is 1. The van der Waals surface area contributed by atoms with Crippen molar-refractivity contribution < 1.29 is 4.79 Å². The molecule has 0 bridgehead atoms. The van der Waals surface area contributed by atoms with Crippen molar-refractivity contribution in [1.82, 2.24) is 10.6 Å². The zero-order chi connectivity index (χ0) is 9.97. The lowest BCUT2D eigenvalue weighted by Gasteiger charge is -2.40. The van der Waals surface area contributed by atoms with Gasteiger partial charge in [-0.05, 0) is 31.6 Å². The minimum absolute atomic E-state index is 0.152. The van der Waals surface area contributed by atoms with Crippen molar-refractivity contribution in [2.45, 2.75) is 50.7 Å². The Morgan fingerprint density at radius 2 is 2.00 bits per heavy atom. The van der Waals surface area contributed by atoms with E-state index in [0.29, 0.717) is 6.04 Å². The number of piperidine rings is 1. The smallest absolute Gasteiger partial charge is 0.277 e. The molecular formula is C10H18N2OS. The number of fused-ring (bicyclic) bond motifs is 1. The van der Waals surface area contributed by atoms with E-state index in [9.17, 15) is 4.79 Å². The van der Waals surface area contributed by atoms with Gasteiger partial charge in [0.2, 0.25) is 0 Å². The highest BCUT2D eigenvalue weighted by molar-refractivity contribution is 7.96. The van der Waals surface area contributed by atoms with Gasteiger partial charge in [-0.2, -0.15) is 0 Å². The summed E-state index contributed by atoms with van der Waals surface area (Å²) in [5, 5.41) is 6.11. The van der Waals surface area contributed by atoms with Gasteiger partial charge in [0, 0.05) is 6.04 Å². The van der Waals surface area contributed by atoms with Crippen LogP contribution in [0.4, 0.5) is 4.79 Å². The van der Waals surface area contributed by atoms with Gasteiger partial charge < -0.3 is 5.32 Å². The standard InChI is InChI=1S/C10H18N2OS/c13-10(14)12-9-6-5-7-3-1-2-4-8(7)11-9/h7-9,11H,1-6H2,(H2,12,13,14). The molecule has 1 amide bonds. The SMILES string of the molecule is O=C(S)NC1CCC2CCCCC2N1. The van der Waals surface area contributed by atoms with Gasteiger partial charge in [-0.15, -0.1) is 0 Å². The fourth-order valence-corrected chi connectivity index (χ4v) is 2.91. The summed E-state index contributed by atoms with van der Waals surface area (Å²) in [7, 11) is 0. The van der Waals surface area contributed by atoms with E-state index in [-0.39, 0.29) is 11.4 Å². The molecule has 1 aliphatic heterocycles. The molecule has 14 heavy (non-hydrogen) atoms. The van der Waals surface area contributed by atoms with Crippen LogP contribution in [-0.4, -0.2) is 17.4 Å². The minimum Gasteiger partial charge on any atom is -0.332 e. The van der Waals surface area contributed by atoms with E-state index in [0.717, 1.165) is 12.3 Å². The first-order valence-corrected chi connectivity index (χ1v) is 5.96. The topological polar surface area (TPSA) is 41.1 Å². The number of carbonyl (C=O) groups is 1. The van der Waals surface area contributed by atoms with Crippen molar-refractivity contribution in [3.63, 3.8) is 0 Å². The molecule has 3 atom stereocenters. The molecule has 1 heterocycles. The second kappa shape index (κ2) is 4.53. The molecule has 1 saturated carbocycles. The van der Waals surface area contributed by atoms with Gasteiger partial charge in [-0.3, -0.25) is 10.1 Å². The van der Waals surface area contributed by atoms with E-state index in [4.69, 9.17) is 0 Å². The van der Waals surface area contributed by atoms with Gasteiger partial charge in [0.25, 0.3) is 5.24 Å². The lowest BCUT2D eigenvalue weighted by Crippen LogP contribution is -2.55. The van der Waals surface area contributed by atoms with E-state index in [1.54, 1.807) is 0 Å². The van der Waals surface area contributed by atoms with Crippen LogP contribution in [0.1, 0.15) is 38.5 Å². The summed E-state index contributed by atoms with van der Waals surface area (Å²) >= 11 is 3.74. The van der Waals surface area contributed by atoms with Gasteiger partial charge in [-0.1, -0.05) is 25.5 Å². The van der Waals surface area contributed by atoms with Crippen molar-refractivity contribution in [3.8, 4) is 0 Å². The summed E-state index contributed by atoms with van der Waals surface area (Å²) in [5.41, 5.74) is 0. The van der Waals surface area contributed by atoms with E-state index >= 15 is 0 Å². The normalized spacial score (nSPS) is 37.4. The van der Waals surface area contributed by atoms with Crippen molar-refractivity contribution in [3.05, 3.63) is 0 Å². The Balaban J connectivity index is 1.86. The van der Waals surface area contributed by atoms with Gasteiger partial charge >= 0.3 is 0 Å². The first-order chi connectivity index (χ1) is 6.75. The third-order valence-electron chi connectivity index (χ3n) is 3.45. The van der Waals surface area contributed by atoms with Crippen LogP contribution >= 0.6 is 12.6 Å². The third-order valence-corrected chi connectivity index (χ3v) is 3.58. The number of hydrogen-bond donors (Lipinski definition) is 3. The van der Waals surface area contributed by atoms with Crippen LogP contribution in [0.25, 0.3) is 0 Å². The quantitative estimate of drug-likeness (QED) is 0.583. The number of carbonyl (C=O) groups excluding carboxylic acids is 1. The molecule has 3 unspecified atom stereocenters. The van der Waals surface area contributed by atoms with E-state index in [2.05, 4.69) is 23.3 Å². The molecule has 4 heteroatoms. The van der Waals surface area contributed by atoms with E-state index in [1.165, 1.54) is 32.1 Å². The van der Waals surface area contributed by atoms with Crippen LogP contribution in [0.5, 0.6) is 0 Å². The highest BCUT2D eigenvalue weighted by Crippen LogP contribution is 2.31. The molecule has 0 spiro atoms. The molecule has 1 saturated heterocycles. The summed E-state index contributed by atoms with van der Waals surface area (Å²) in [5.74, 6) is 0.844. The molecule has 2 rings (SSSR count). The molecule has 2 aliphatic rings. The zero-order valence-electron chi connectivity index (χ0n) is 8.33. The fourth-order valence-electron chi connectivity index (χ4n) is 2.76. The van der Waals surface area contributed by atoms with E-state index < -0.39 is 0 Å². The maximum atomic E-state index is 10.8. The lowest BCUT2D eigenvalue weighted by atomic mass is 9.79. The van der Waals surface area contributed by atoms with Crippen LogP contribution < -0.4 is 10.6 Å². The molecule has 0 aromatic rings. The Morgan fingerprint density at radius 1 is 1.21 bits per heavy atom. The van der Waals surface area contributed by atoms with E-state index in [1.807, 2.05) is 0 Å². The lowest BCUT2D eigenvalue weighted by molar-refractivity contribution is 0.164. The molecule has 2 N–H and O–H groups in total. The second-order valence-electron chi connectivity index (χ2n) is 4.40. The first kappa shape index (κ1) is 10.3. The Kier molecular flexibility index (Phi) is 3.34. The molecule has 1 aliphatic carbocycles. The number of amides is 1. The van der Waals surface area contributed by atoms with Crippen molar-refractivity contribution in [1.29, 1.82) is 0 Å². The van der Waals surface area contributed by atoms with Crippen LogP contribution in [0, 0.1) is 5.92 Å². The summed E-state index contributed by atoms with van der Waals surface area (Å²) in [6.07, 6.45) is 7.79. The zero-order valence-corrected chi connectivity index (χ0v) is 9.22. The number of hydrogen-bond acceptors (Lipinski definition) is 2. The highest BCUT2D eigenvalue weighted by Gasteiger charge is 2.31. The molecular weight excluding hydrogens is 196 g/mol. The number of rotatable bonds is 1. The summed E-state index contributed by atoms with van der Waals surface area (Å²) in [4.78, 5) is 10.8. The van der Waals surface area contributed by atoms with Crippen LogP contribution in [0.2, 0.25) is 0 Å². The van der Waals surface area contributed by atoms with Gasteiger partial charge in [-0.25, -0.2) is 0 Å². The van der Waals surface area contributed by atoms with Crippen molar-refractivity contribution in [2.24, 2.45) is 5.92 Å². The Labute approximate surface area is 90.4 Å². The maximum absolute atomic E-state index is 10.8. The highest BCUT2D eigenvalue weighted by atomic mass is 32.1. The Bertz CT molecular complexity index is 222. The monoisotopic (exact) mass is 214 g/mol. The fraction of sp³-hybridized carbons (Fsp3) is 0.900. The average molecular weight is 214 g/mol. The maximum Gasteiger partial charge on any atom is 0.277 e. The summed E-state index contributed by atoms with van der Waals surface area (Å²) < 4.78 is 0. The Hall–Kier alpha value is -0.220. The van der Waals surface area contributed by atoms with Crippen molar-refractivity contribution in [2.75, 3.05) is 0 Å². The van der Waals surface area contributed by atoms with Gasteiger partial charge in [0.1, 0.15) is 0 Å². The summed E-state index contributed by atoms with van der Waals surface area (Å²) in [6.45, 7) is 0. The first-order valence-electron chi connectivity index (χ1n) is 5.51. The molecule has 0 aromatic heterocycles. The molecule has 3 nitrogen and oxygen atoms in total. The van der Waals surface area contributed by atoms with Crippen LogP contribution in [0.3, 0.4) is 0 Å². The largest absolute Gasteiger partial charge is 0.332 e. The molecule has 2 fully saturated rings. The van der Waals surface area contributed by atoms with Crippen LogP contribution in [-0.2, 0) is 0 Å². The average Bonchev–Trinajstić information content (AvgIpc) is 2.17. The Morgan fingerprint density at radius 3 is 2.79 bits per heavy atom. The molecule has 0 aromatic carbocycles. The minimum atomic E-state index is -0.225. The molecule has 80 valence electrons. The predicted octanol–water partition coefficient (Wildman–Crippen LogP) is 1.89. The third kappa shape index (κ3) is 2.42. The van der Waals surface area contributed by atoms with Gasteiger partial charge in [0.05, 0.1) is 6.17 Å².